The van der Waals surface area contributed by atoms with Crippen LogP contribution in [0.25, 0.3) is 0 Å². The third-order valence-corrected chi connectivity index (χ3v) is 2.93. The first-order chi connectivity index (χ1) is 9.09. The fourth-order valence-corrected chi connectivity index (χ4v) is 1.70. The summed E-state index contributed by atoms with van der Waals surface area (Å²) in [7, 11) is 0. The van der Waals surface area contributed by atoms with Gasteiger partial charge in [0, 0.05) is 17.6 Å². The Kier molecular flexibility index (Phi) is 6.91. The number of carboxylic acid groups (broad SMARTS) is 1. The minimum Gasteiger partial charge on any atom is -0.480 e. The molecule has 19 heavy (non-hydrogen) atoms. The number of hydrogen-bond acceptors (Lipinski definition) is 3. The van der Waals surface area contributed by atoms with Gasteiger partial charge in [0.15, 0.2) is 0 Å². The van der Waals surface area contributed by atoms with Crippen LogP contribution in [-0.2, 0) is 16.1 Å². The number of nitrogens with one attached hydrogen (secondary N) is 2. The van der Waals surface area contributed by atoms with Gasteiger partial charge in [-0.1, -0.05) is 34.1 Å². The fourth-order valence-electron chi connectivity index (χ4n) is 1.28. The number of carbonyl (C=O) groups is 2. The van der Waals surface area contributed by atoms with Crippen LogP contribution in [0.3, 0.4) is 0 Å². The second kappa shape index (κ2) is 8.49. The molecule has 0 aliphatic heterocycles. The number of ether oxygens (including phenoxy) is 1. The molecule has 0 aliphatic carbocycles. The molecule has 0 heterocycles. The molecule has 0 aliphatic rings. The van der Waals surface area contributed by atoms with Crippen molar-refractivity contribution in [1.82, 2.24) is 10.6 Å². The molecule has 6 nitrogen and oxygen atoms in total. The summed E-state index contributed by atoms with van der Waals surface area (Å²) >= 11 is 3.39. The topological polar surface area (TPSA) is 87.7 Å². The number of hydrogen-bond donors (Lipinski definition) is 3. The van der Waals surface area contributed by atoms with E-state index in [1.165, 1.54) is 0 Å². The molecule has 0 saturated carbocycles. The van der Waals surface area contributed by atoms with Gasteiger partial charge in [0.05, 0.1) is 6.61 Å². The van der Waals surface area contributed by atoms with Crippen molar-refractivity contribution in [3.8, 4) is 0 Å². The Balaban J connectivity index is 2.15. The number of benzene rings is 1. The summed E-state index contributed by atoms with van der Waals surface area (Å²) < 4.78 is 5.71. The highest BCUT2D eigenvalue weighted by Gasteiger charge is 2.02. The molecule has 1 rings (SSSR count). The van der Waals surface area contributed by atoms with Crippen LogP contribution in [0.15, 0.2) is 28.7 Å². The molecule has 0 bridgehead atoms. The van der Waals surface area contributed by atoms with Crippen LogP contribution >= 0.6 is 15.9 Å². The van der Waals surface area contributed by atoms with Gasteiger partial charge in [0.25, 0.3) is 0 Å². The first-order valence-electron chi connectivity index (χ1n) is 5.64. The van der Waals surface area contributed by atoms with Crippen molar-refractivity contribution in [3.05, 3.63) is 34.3 Å². The van der Waals surface area contributed by atoms with Crippen LogP contribution in [0.1, 0.15) is 5.56 Å². The van der Waals surface area contributed by atoms with Crippen molar-refractivity contribution in [1.29, 1.82) is 0 Å². The standard InChI is InChI=1S/C12H15BrN2O4/c13-10-4-2-1-3-9(10)7-15-12(18)14-5-6-19-8-11(16)17/h1-4H,5-8H2,(H,16,17)(H2,14,15,18). The van der Waals surface area contributed by atoms with E-state index in [1.54, 1.807) is 0 Å². The van der Waals surface area contributed by atoms with E-state index in [0.29, 0.717) is 6.54 Å². The summed E-state index contributed by atoms with van der Waals surface area (Å²) in [5, 5.41) is 13.6. The van der Waals surface area contributed by atoms with Crippen molar-refractivity contribution in [2.45, 2.75) is 6.54 Å². The Labute approximate surface area is 119 Å². The van der Waals surface area contributed by atoms with Crippen molar-refractivity contribution < 1.29 is 19.4 Å². The molecule has 0 unspecified atom stereocenters. The minimum atomic E-state index is -1.03. The minimum absolute atomic E-state index is 0.161. The van der Waals surface area contributed by atoms with Crippen molar-refractivity contribution in [2.24, 2.45) is 0 Å². The number of urea groups is 1. The smallest absolute Gasteiger partial charge is 0.329 e. The zero-order valence-electron chi connectivity index (χ0n) is 10.2. The highest BCUT2D eigenvalue weighted by molar-refractivity contribution is 9.10. The van der Waals surface area contributed by atoms with Gasteiger partial charge >= 0.3 is 12.0 Å². The van der Waals surface area contributed by atoms with Gasteiger partial charge < -0.3 is 20.5 Å². The average molecular weight is 331 g/mol. The van der Waals surface area contributed by atoms with E-state index in [2.05, 4.69) is 26.6 Å². The number of carbonyl (C=O) groups excluding carboxylic acids is 1. The molecule has 0 atom stereocenters. The summed E-state index contributed by atoms with van der Waals surface area (Å²) in [5.74, 6) is -1.03. The van der Waals surface area contributed by atoms with E-state index in [0.717, 1.165) is 10.0 Å². The summed E-state index contributed by atoms with van der Waals surface area (Å²) in [6.07, 6.45) is 0. The van der Waals surface area contributed by atoms with Crippen LogP contribution in [0.4, 0.5) is 4.79 Å². The van der Waals surface area contributed by atoms with Gasteiger partial charge in [-0.3, -0.25) is 0 Å². The van der Waals surface area contributed by atoms with E-state index >= 15 is 0 Å². The van der Waals surface area contributed by atoms with E-state index in [-0.39, 0.29) is 25.8 Å². The first kappa shape index (κ1) is 15.5. The summed E-state index contributed by atoms with van der Waals surface area (Å²) in [4.78, 5) is 21.6. The molecule has 7 heteroatoms. The van der Waals surface area contributed by atoms with E-state index in [9.17, 15) is 9.59 Å². The molecule has 3 N–H and O–H groups in total. The lowest BCUT2D eigenvalue weighted by atomic mass is 10.2. The van der Waals surface area contributed by atoms with Crippen molar-refractivity contribution in [2.75, 3.05) is 19.8 Å². The second-order valence-corrected chi connectivity index (χ2v) is 4.50. The van der Waals surface area contributed by atoms with E-state index in [4.69, 9.17) is 9.84 Å². The Morgan fingerprint density at radius 2 is 2.00 bits per heavy atom. The molecule has 0 radical (unpaired) electrons. The maximum absolute atomic E-state index is 11.4. The summed E-state index contributed by atoms with van der Waals surface area (Å²) in [6.45, 7) is 0.466. The van der Waals surface area contributed by atoms with Crippen LogP contribution in [-0.4, -0.2) is 36.9 Å². The Hall–Kier alpha value is -1.60. The maximum Gasteiger partial charge on any atom is 0.329 e. The SMILES string of the molecule is O=C(O)COCCNC(=O)NCc1ccccc1Br. The highest BCUT2D eigenvalue weighted by Crippen LogP contribution is 2.14. The van der Waals surface area contributed by atoms with Crippen LogP contribution in [0.2, 0.25) is 0 Å². The maximum atomic E-state index is 11.4. The molecule has 2 amide bonds. The molecule has 1 aromatic carbocycles. The van der Waals surface area contributed by atoms with Crippen LogP contribution in [0.5, 0.6) is 0 Å². The Bertz CT molecular complexity index is 439. The summed E-state index contributed by atoms with van der Waals surface area (Å²) in [6, 6.07) is 7.26. The lowest BCUT2D eigenvalue weighted by molar-refractivity contribution is -0.142. The second-order valence-electron chi connectivity index (χ2n) is 3.65. The van der Waals surface area contributed by atoms with Gasteiger partial charge in [0.2, 0.25) is 0 Å². The molecular formula is C12H15BrN2O4. The lowest BCUT2D eigenvalue weighted by Crippen LogP contribution is -2.37. The first-order valence-corrected chi connectivity index (χ1v) is 6.43. The monoisotopic (exact) mass is 330 g/mol. The van der Waals surface area contributed by atoms with Gasteiger partial charge in [-0.25, -0.2) is 9.59 Å². The van der Waals surface area contributed by atoms with E-state index in [1.807, 2.05) is 24.3 Å². The van der Waals surface area contributed by atoms with Gasteiger partial charge in [-0.15, -0.1) is 0 Å². The molecule has 0 spiro atoms. The largest absolute Gasteiger partial charge is 0.480 e. The fraction of sp³-hybridized carbons (Fsp3) is 0.333. The Morgan fingerprint density at radius 1 is 1.26 bits per heavy atom. The van der Waals surface area contributed by atoms with Crippen molar-refractivity contribution in [3.63, 3.8) is 0 Å². The van der Waals surface area contributed by atoms with Gasteiger partial charge in [-0.2, -0.15) is 0 Å². The normalized spacial score (nSPS) is 9.95. The molecule has 1 aromatic rings. The molecular weight excluding hydrogens is 316 g/mol. The molecule has 0 saturated heterocycles. The third kappa shape index (κ3) is 6.78. The predicted molar refractivity (Wildman–Crippen MR) is 72.8 cm³/mol. The lowest BCUT2D eigenvalue weighted by Gasteiger charge is -2.08. The molecule has 0 fully saturated rings. The predicted octanol–water partition coefficient (Wildman–Crippen LogP) is 1.35. The quantitative estimate of drug-likeness (QED) is 0.658. The van der Waals surface area contributed by atoms with Gasteiger partial charge in [0.1, 0.15) is 6.61 Å². The number of halogens is 1. The summed E-state index contributed by atoms with van der Waals surface area (Å²) in [5.41, 5.74) is 0.972. The molecule has 104 valence electrons. The number of aliphatic carboxylic acids is 1. The van der Waals surface area contributed by atoms with Crippen molar-refractivity contribution >= 4 is 27.9 Å². The van der Waals surface area contributed by atoms with E-state index < -0.39 is 5.97 Å². The third-order valence-electron chi connectivity index (χ3n) is 2.15. The number of carboxylic acids is 1. The number of amides is 2. The zero-order valence-corrected chi connectivity index (χ0v) is 11.8. The van der Waals surface area contributed by atoms with Gasteiger partial charge in [-0.05, 0) is 11.6 Å². The average Bonchev–Trinajstić information content (AvgIpc) is 2.37. The Morgan fingerprint density at radius 3 is 2.68 bits per heavy atom. The zero-order chi connectivity index (χ0) is 14.1. The molecule has 0 aromatic heterocycles. The highest BCUT2D eigenvalue weighted by atomic mass is 79.9. The van der Waals surface area contributed by atoms with Crippen LogP contribution < -0.4 is 10.6 Å². The number of rotatable bonds is 7. The van der Waals surface area contributed by atoms with Crippen LogP contribution in [0, 0.1) is 0 Å².